The Morgan fingerprint density at radius 3 is 2.86 bits per heavy atom. The summed E-state index contributed by atoms with van der Waals surface area (Å²) in [5.74, 6) is -0.615. The number of aromatic nitrogens is 2. The third-order valence-electron chi connectivity index (χ3n) is 2.72. The van der Waals surface area contributed by atoms with Crippen LogP contribution in [-0.4, -0.2) is 24.2 Å². The largest absolute Gasteiger partial charge is 0.398 e. The highest BCUT2D eigenvalue weighted by molar-refractivity contribution is 9.10. The summed E-state index contributed by atoms with van der Waals surface area (Å²) in [7, 11) is -3.85. The smallest absolute Gasteiger partial charge is 0.242 e. The lowest BCUT2D eigenvalue weighted by molar-refractivity contribution is 0.494. The Labute approximate surface area is 130 Å². The van der Waals surface area contributed by atoms with Crippen LogP contribution in [0.5, 0.6) is 0 Å². The molecular weight excluding hydrogens is 363 g/mol. The number of rotatable bonds is 5. The lowest BCUT2D eigenvalue weighted by atomic mass is 10.3. The second kappa shape index (κ2) is 6.12. The first-order valence-electron chi connectivity index (χ1n) is 6.04. The molecule has 0 amide bonds. The van der Waals surface area contributed by atoms with Crippen LogP contribution in [0.4, 0.5) is 10.1 Å². The zero-order valence-electron chi connectivity index (χ0n) is 11.1. The van der Waals surface area contributed by atoms with Gasteiger partial charge in [0.05, 0.1) is 16.7 Å². The average Bonchev–Trinajstić information content (AvgIpc) is 2.85. The van der Waals surface area contributed by atoms with Gasteiger partial charge in [0.2, 0.25) is 10.0 Å². The lowest BCUT2D eigenvalue weighted by Gasteiger charge is -2.15. The summed E-state index contributed by atoms with van der Waals surface area (Å²) in [5, 5.41) is 4.00. The number of hydrogen-bond acceptors (Lipinski definition) is 4. The maximum atomic E-state index is 13.3. The number of nitrogens with one attached hydrogen (secondary N) is 1. The molecule has 0 fully saturated rings. The van der Waals surface area contributed by atoms with Crippen molar-refractivity contribution in [3.63, 3.8) is 0 Å². The van der Waals surface area contributed by atoms with Crippen molar-refractivity contribution < 1.29 is 12.8 Å². The molecule has 0 saturated carbocycles. The lowest BCUT2D eigenvalue weighted by Crippen LogP contribution is -2.36. The van der Waals surface area contributed by atoms with E-state index >= 15 is 0 Å². The molecule has 0 aliphatic heterocycles. The molecule has 2 aromatic rings. The van der Waals surface area contributed by atoms with E-state index in [2.05, 4.69) is 25.8 Å². The summed E-state index contributed by atoms with van der Waals surface area (Å²) in [5.41, 5.74) is 5.45. The number of anilines is 1. The second-order valence-electron chi connectivity index (χ2n) is 4.55. The second-order valence-corrected chi connectivity index (χ2v) is 7.09. The first-order chi connectivity index (χ1) is 9.79. The molecule has 0 aliphatic carbocycles. The van der Waals surface area contributed by atoms with E-state index in [0.29, 0.717) is 6.54 Å². The summed E-state index contributed by atoms with van der Waals surface area (Å²) in [6, 6.07) is 3.46. The van der Waals surface area contributed by atoms with Crippen molar-refractivity contribution in [2.45, 2.75) is 24.4 Å². The van der Waals surface area contributed by atoms with Gasteiger partial charge in [-0.15, -0.1) is 0 Å². The van der Waals surface area contributed by atoms with Gasteiger partial charge in [0.1, 0.15) is 10.7 Å². The number of nitrogen functional groups attached to an aromatic ring is 1. The minimum Gasteiger partial charge on any atom is -0.398 e. The number of halogens is 2. The Morgan fingerprint density at radius 1 is 1.52 bits per heavy atom. The van der Waals surface area contributed by atoms with Gasteiger partial charge in [-0.2, -0.15) is 5.10 Å². The Balaban J connectivity index is 2.20. The fraction of sp³-hybridized carbons (Fsp3) is 0.250. The first-order valence-corrected chi connectivity index (χ1v) is 8.31. The Kier molecular flexibility index (Phi) is 4.64. The van der Waals surface area contributed by atoms with E-state index in [1.807, 2.05) is 0 Å². The van der Waals surface area contributed by atoms with Crippen molar-refractivity contribution in [2.24, 2.45) is 0 Å². The van der Waals surface area contributed by atoms with E-state index in [-0.39, 0.29) is 15.1 Å². The number of nitrogens with zero attached hydrogens (tertiary/aromatic N) is 2. The van der Waals surface area contributed by atoms with E-state index in [0.717, 1.165) is 12.1 Å². The van der Waals surface area contributed by atoms with Gasteiger partial charge in [-0.05, 0) is 41.1 Å². The molecule has 2 rings (SSSR count). The van der Waals surface area contributed by atoms with E-state index in [1.165, 1.54) is 0 Å². The molecule has 6 nitrogen and oxygen atoms in total. The van der Waals surface area contributed by atoms with Crippen LogP contribution in [0, 0.1) is 5.82 Å². The van der Waals surface area contributed by atoms with Gasteiger partial charge in [-0.3, -0.25) is 4.68 Å². The molecule has 9 heteroatoms. The molecule has 1 aromatic carbocycles. The highest BCUT2D eigenvalue weighted by Gasteiger charge is 2.22. The molecule has 3 N–H and O–H groups in total. The predicted molar refractivity (Wildman–Crippen MR) is 80.5 cm³/mol. The van der Waals surface area contributed by atoms with E-state index < -0.39 is 21.9 Å². The molecule has 1 atom stereocenters. The molecule has 21 heavy (non-hydrogen) atoms. The van der Waals surface area contributed by atoms with Gasteiger partial charge in [0.25, 0.3) is 0 Å². The summed E-state index contributed by atoms with van der Waals surface area (Å²) in [4.78, 5) is -0.164. The predicted octanol–water partition coefficient (Wildman–Crippen LogP) is 1.73. The minimum absolute atomic E-state index is 0.0387. The average molecular weight is 377 g/mol. The maximum absolute atomic E-state index is 13.3. The molecule has 0 saturated heterocycles. The van der Waals surface area contributed by atoms with E-state index in [1.54, 1.807) is 30.1 Å². The molecule has 1 heterocycles. The SMILES string of the molecule is CC(Cn1cccn1)NS(=O)(=O)c1cc(Br)c(F)cc1N. The highest BCUT2D eigenvalue weighted by Crippen LogP contribution is 2.26. The van der Waals surface area contributed by atoms with Gasteiger partial charge in [-0.1, -0.05) is 0 Å². The van der Waals surface area contributed by atoms with Crippen molar-refractivity contribution >= 4 is 31.6 Å². The molecular formula is C12H14BrFN4O2S. The molecule has 0 bridgehead atoms. The van der Waals surface area contributed by atoms with Crippen LogP contribution in [0.3, 0.4) is 0 Å². The van der Waals surface area contributed by atoms with Crippen LogP contribution >= 0.6 is 15.9 Å². The fourth-order valence-corrected chi connectivity index (χ4v) is 3.70. The minimum atomic E-state index is -3.85. The Hall–Kier alpha value is -1.45. The van der Waals surface area contributed by atoms with E-state index in [9.17, 15) is 12.8 Å². The maximum Gasteiger partial charge on any atom is 0.242 e. The van der Waals surface area contributed by atoms with Gasteiger partial charge < -0.3 is 5.73 Å². The number of sulfonamides is 1. The van der Waals surface area contributed by atoms with Gasteiger partial charge >= 0.3 is 0 Å². The number of benzene rings is 1. The van der Waals surface area contributed by atoms with Crippen molar-refractivity contribution in [3.8, 4) is 0 Å². The van der Waals surface area contributed by atoms with Gasteiger partial charge in [0, 0.05) is 18.4 Å². The van der Waals surface area contributed by atoms with Crippen molar-refractivity contribution in [3.05, 3.63) is 40.9 Å². The number of hydrogen-bond donors (Lipinski definition) is 2. The topological polar surface area (TPSA) is 90.0 Å². The van der Waals surface area contributed by atoms with Crippen LogP contribution in [0.2, 0.25) is 0 Å². The Bertz CT molecular complexity index is 734. The Morgan fingerprint density at radius 2 is 2.24 bits per heavy atom. The standard InChI is InChI=1S/C12H14BrFN4O2S/c1-8(7-18-4-2-3-16-18)17-21(19,20)12-5-9(13)10(14)6-11(12)15/h2-6,8,17H,7,15H2,1H3. The molecule has 0 aliphatic rings. The third-order valence-corrected chi connectivity index (χ3v) is 4.97. The summed E-state index contributed by atoms with van der Waals surface area (Å²) in [6.07, 6.45) is 3.34. The van der Waals surface area contributed by atoms with Crippen LogP contribution < -0.4 is 10.5 Å². The normalized spacial score (nSPS) is 13.3. The van der Waals surface area contributed by atoms with Crippen LogP contribution in [0.1, 0.15) is 6.92 Å². The van der Waals surface area contributed by atoms with Crippen molar-refractivity contribution in [1.82, 2.24) is 14.5 Å². The van der Waals surface area contributed by atoms with Crippen LogP contribution in [0.15, 0.2) is 40.0 Å². The van der Waals surface area contributed by atoms with Crippen molar-refractivity contribution in [1.29, 1.82) is 0 Å². The quantitative estimate of drug-likeness (QED) is 0.777. The summed E-state index contributed by atoms with van der Waals surface area (Å²) >= 11 is 2.95. The zero-order valence-corrected chi connectivity index (χ0v) is 13.5. The number of nitrogens with two attached hydrogens (primary N) is 1. The monoisotopic (exact) mass is 376 g/mol. The van der Waals surface area contributed by atoms with Crippen molar-refractivity contribution in [2.75, 3.05) is 5.73 Å². The molecule has 0 spiro atoms. The van der Waals surface area contributed by atoms with Crippen LogP contribution in [0.25, 0.3) is 0 Å². The fourth-order valence-electron chi connectivity index (χ4n) is 1.83. The molecule has 1 aromatic heterocycles. The summed E-state index contributed by atoms with van der Waals surface area (Å²) in [6.45, 7) is 2.07. The molecule has 0 radical (unpaired) electrons. The summed E-state index contributed by atoms with van der Waals surface area (Å²) < 4.78 is 42.0. The highest BCUT2D eigenvalue weighted by atomic mass is 79.9. The van der Waals surface area contributed by atoms with Gasteiger partial charge in [0.15, 0.2) is 0 Å². The van der Waals surface area contributed by atoms with E-state index in [4.69, 9.17) is 5.73 Å². The first kappa shape index (κ1) is 15.9. The molecule has 1 unspecified atom stereocenters. The molecule has 114 valence electrons. The zero-order chi connectivity index (χ0) is 15.6. The van der Waals surface area contributed by atoms with Crippen LogP contribution in [-0.2, 0) is 16.6 Å². The van der Waals surface area contributed by atoms with Gasteiger partial charge in [-0.25, -0.2) is 17.5 Å². The third kappa shape index (κ3) is 3.80.